The summed E-state index contributed by atoms with van der Waals surface area (Å²) in [6.45, 7) is 3.07. The molecule has 0 aliphatic heterocycles. The SMILES string of the molecule is CCO[C@H]1C[C@@H](NC(=O)CCn2cc([N+](=O)[O-])cn2)C12CCCC2. The summed E-state index contributed by atoms with van der Waals surface area (Å²) >= 11 is 0. The van der Waals surface area contributed by atoms with Gasteiger partial charge in [0.05, 0.1) is 11.0 Å². The fourth-order valence-electron chi connectivity index (χ4n) is 4.14. The highest BCUT2D eigenvalue weighted by atomic mass is 16.6. The highest BCUT2D eigenvalue weighted by molar-refractivity contribution is 5.76. The van der Waals surface area contributed by atoms with E-state index in [4.69, 9.17) is 4.74 Å². The van der Waals surface area contributed by atoms with Gasteiger partial charge in [-0.2, -0.15) is 5.10 Å². The molecule has 8 nitrogen and oxygen atoms in total. The van der Waals surface area contributed by atoms with Gasteiger partial charge in [-0.3, -0.25) is 19.6 Å². The molecule has 1 aromatic rings. The molecule has 0 unspecified atom stereocenters. The Kier molecular flexibility index (Phi) is 4.84. The molecule has 0 saturated heterocycles. The highest BCUT2D eigenvalue weighted by Crippen LogP contribution is 2.54. The van der Waals surface area contributed by atoms with Crippen molar-refractivity contribution in [3.05, 3.63) is 22.5 Å². The molecule has 1 spiro atoms. The number of aryl methyl sites for hydroxylation is 1. The summed E-state index contributed by atoms with van der Waals surface area (Å²) in [5, 5.41) is 17.7. The molecule has 3 rings (SSSR count). The molecule has 8 heteroatoms. The van der Waals surface area contributed by atoms with Crippen LogP contribution in [0, 0.1) is 15.5 Å². The van der Waals surface area contributed by atoms with Crippen molar-refractivity contribution in [2.45, 2.75) is 64.1 Å². The van der Waals surface area contributed by atoms with Crippen molar-refractivity contribution >= 4 is 11.6 Å². The van der Waals surface area contributed by atoms with Gasteiger partial charge in [0.25, 0.3) is 0 Å². The molecule has 2 saturated carbocycles. The molecule has 2 atom stereocenters. The zero-order chi connectivity index (χ0) is 17.2. The van der Waals surface area contributed by atoms with E-state index >= 15 is 0 Å². The van der Waals surface area contributed by atoms with E-state index in [1.54, 1.807) is 0 Å². The van der Waals surface area contributed by atoms with Gasteiger partial charge < -0.3 is 10.1 Å². The van der Waals surface area contributed by atoms with Gasteiger partial charge in [-0.1, -0.05) is 12.8 Å². The predicted molar refractivity (Wildman–Crippen MR) is 86.4 cm³/mol. The van der Waals surface area contributed by atoms with E-state index in [0.29, 0.717) is 13.2 Å². The highest BCUT2D eigenvalue weighted by Gasteiger charge is 2.57. The largest absolute Gasteiger partial charge is 0.378 e. The number of hydrogen-bond acceptors (Lipinski definition) is 5. The molecule has 1 amide bonds. The Hall–Kier alpha value is -1.96. The van der Waals surface area contributed by atoms with E-state index in [1.807, 2.05) is 6.92 Å². The zero-order valence-electron chi connectivity index (χ0n) is 13.9. The molecule has 2 aliphatic rings. The van der Waals surface area contributed by atoms with Crippen LogP contribution in [0.1, 0.15) is 45.4 Å². The summed E-state index contributed by atoms with van der Waals surface area (Å²) in [5.74, 6) is -0.0284. The van der Waals surface area contributed by atoms with Gasteiger partial charge in [-0.25, -0.2) is 0 Å². The lowest BCUT2D eigenvalue weighted by molar-refractivity contribution is -0.385. The van der Waals surface area contributed by atoms with Crippen molar-refractivity contribution < 1.29 is 14.5 Å². The summed E-state index contributed by atoms with van der Waals surface area (Å²) in [6.07, 6.45) is 8.60. The number of aromatic nitrogens is 2. The third-order valence-electron chi connectivity index (χ3n) is 5.42. The number of hydrogen-bond donors (Lipinski definition) is 1. The van der Waals surface area contributed by atoms with Crippen LogP contribution >= 0.6 is 0 Å². The summed E-state index contributed by atoms with van der Waals surface area (Å²) in [5.41, 5.74) is 0.0646. The number of nitro groups is 1. The average molecular weight is 336 g/mol. The molecule has 1 aromatic heterocycles. The fraction of sp³-hybridized carbons (Fsp3) is 0.750. The summed E-state index contributed by atoms with van der Waals surface area (Å²) < 4.78 is 7.29. The maximum absolute atomic E-state index is 12.2. The van der Waals surface area contributed by atoms with Gasteiger partial charge in [0.2, 0.25) is 5.91 Å². The molecular formula is C16H24N4O4. The van der Waals surface area contributed by atoms with E-state index < -0.39 is 4.92 Å². The second-order valence-electron chi connectivity index (χ2n) is 6.71. The van der Waals surface area contributed by atoms with Crippen LogP contribution in [0.3, 0.4) is 0 Å². The van der Waals surface area contributed by atoms with Crippen LogP contribution in [0.4, 0.5) is 5.69 Å². The van der Waals surface area contributed by atoms with Gasteiger partial charge in [0.15, 0.2) is 0 Å². The molecule has 0 bridgehead atoms. The Morgan fingerprint density at radius 3 is 2.92 bits per heavy atom. The number of carbonyl (C=O) groups excluding carboxylic acids is 1. The Balaban J connectivity index is 1.50. The molecule has 1 N–H and O–H groups in total. The first-order valence-corrected chi connectivity index (χ1v) is 8.63. The minimum absolute atomic E-state index is 0.0284. The normalized spacial score (nSPS) is 24.7. The van der Waals surface area contributed by atoms with Crippen LogP contribution in [-0.2, 0) is 16.1 Å². The van der Waals surface area contributed by atoms with E-state index in [0.717, 1.165) is 19.3 Å². The third kappa shape index (κ3) is 3.15. The number of rotatable bonds is 7. The molecule has 0 radical (unpaired) electrons. The lowest BCUT2D eigenvalue weighted by atomic mass is 9.60. The molecule has 1 heterocycles. The Labute approximate surface area is 140 Å². The first kappa shape index (κ1) is 16.9. The molecule has 2 aliphatic carbocycles. The first-order valence-electron chi connectivity index (χ1n) is 8.63. The van der Waals surface area contributed by atoms with Gasteiger partial charge in [-0.05, 0) is 26.2 Å². The first-order chi connectivity index (χ1) is 11.5. The Bertz CT molecular complexity index is 609. The maximum Gasteiger partial charge on any atom is 0.306 e. The van der Waals surface area contributed by atoms with Gasteiger partial charge >= 0.3 is 5.69 Å². The summed E-state index contributed by atoms with van der Waals surface area (Å²) in [4.78, 5) is 22.4. The number of ether oxygens (including phenoxy) is 1. The van der Waals surface area contributed by atoms with Crippen molar-refractivity contribution in [1.29, 1.82) is 0 Å². The molecular weight excluding hydrogens is 312 g/mol. The Morgan fingerprint density at radius 2 is 2.29 bits per heavy atom. The zero-order valence-corrected chi connectivity index (χ0v) is 13.9. The standard InChI is InChI=1S/C16H24N4O4/c1-2-24-14-9-13(16(14)6-3-4-7-16)18-15(21)5-8-19-11-12(10-17-19)20(22)23/h10-11,13-14H,2-9H2,1H3,(H,18,21)/t13-,14+/m1/s1. The van der Waals surface area contributed by atoms with Crippen molar-refractivity contribution in [2.75, 3.05) is 6.61 Å². The molecule has 24 heavy (non-hydrogen) atoms. The van der Waals surface area contributed by atoms with Gasteiger partial charge in [-0.15, -0.1) is 0 Å². The second kappa shape index (κ2) is 6.88. The third-order valence-corrected chi connectivity index (χ3v) is 5.42. The minimum atomic E-state index is -0.490. The monoisotopic (exact) mass is 336 g/mol. The van der Waals surface area contributed by atoms with E-state index in [1.165, 1.54) is 29.9 Å². The summed E-state index contributed by atoms with van der Waals surface area (Å²) in [6, 6.07) is 0.191. The smallest absolute Gasteiger partial charge is 0.306 e. The van der Waals surface area contributed by atoms with Gasteiger partial charge in [0.1, 0.15) is 12.4 Å². The van der Waals surface area contributed by atoms with Crippen LogP contribution in [0.2, 0.25) is 0 Å². The van der Waals surface area contributed by atoms with Crippen LogP contribution in [0.25, 0.3) is 0 Å². The number of nitrogens with one attached hydrogen (secondary N) is 1. The maximum atomic E-state index is 12.2. The lowest BCUT2D eigenvalue weighted by Crippen LogP contribution is -2.63. The van der Waals surface area contributed by atoms with Gasteiger partial charge in [0, 0.05) is 31.0 Å². The van der Waals surface area contributed by atoms with E-state index in [-0.39, 0.29) is 35.6 Å². The van der Waals surface area contributed by atoms with Crippen molar-refractivity contribution in [3.8, 4) is 0 Å². The number of amides is 1. The fourth-order valence-corrected chi connectivity index (χ4v) is 4.14. The van der Waals surface area contributed by atoms with E-state index in [2.05, 4.69) is 10.4 Å². The van der Waals surface area contributed by atoms with Crippen molar-refractivity contribution in [3.63, 3.8) is 0 Å². The topological polar surface area (TPSA) is 99.3 Å². The van der Waals surface area contributed by atoms with Crippen LogP contribution in [0.15, 0.2) is 12.4 Å². The lowest BCUT2D eigenvalue weighted by Gasteiger charge is -2.54. The van der Waals surface area contributed by atoms with Crippen LogP contribution in [-0.4, -0.2) is 39.4 Å². The minimum Gasteiger partial charge on any atom is -0.378 e. The number of nitrogens with zero attached hydrogens (tertiary/aromatic N) is 3. The van der Waals surface area contributed by atoms with Crippen molar-refractivity contribution in [1.82, 2.24) is 15.1 Å². The second-order valence-corrected chi connectivity index (χ2v) is 6.71. The molecule has 0 aromatic carbocycles. The van der Waals surface area contributed by atoms with Crippen molar-refractivity contribution in [2.24, 2.45) is 5.41 Å². The number of carbonyl (C=O) groups is 1. The Morgan fingerprint density at radius 1 is 1.54 bits per heavy atom. The van der Waals surface area contributed by atoms with Crippen LogP contribution < -0.4 is 5.32 Å². The quantitative estimate of drug-likeness (QED) is 0.607. The summed E-state index contributed by atoms with van der Waals surface area (Å²) in [7, 11) is 0. The van der Waals surface area contributed by atoms with E-state index in [9.17, 15) is 14.9 Å². The molecule has 132 valence electrons. The molecule has 2 fully saturated rings. The average Bonchev–Trinajstić information content (AvgIpc) is 3.22. The van der Waals surface area contributed by atoms with Crippen LogP contribution in [0.5, 0.6) is 0 Å². The predicted octanol–water partition coefficient (Wildman–Crippen LogP) is 2.04.